The molecule has 0 aliphatic carbocycles. The van der Waals surface area contributed by atoms with E-state index < -0.39 is 0 Å². The van der Waals surface area contributed by atoms with Crippen LogP contribution in [0.4, 0.5) is 5.69 Å². The van der Waals surface area contributed by atoms with Crippen LogP contribution in [0.25, 0.3) is 6.08 Å². The molecule has 2 rings (SSSR count). The van der Waals surface area contributed by atoms with Crippen molar-refractivity contribution >= 4 is 17.5 Å². The lowest BCUT2D eigenvalue weighted by molar-refractivity contribution is 0.101. The summed E-state index contributed by atoms with van der Waals surface area (Å²) in [6.07, 6.45) is 4.19. The van der Waals surface area contributed by atoms with Gasteiger partial charge in [0.2, 0.25) is 0 Å². The Labute approximate surface area is 120 Å². The average Bonchev–Trinajstić information content (AvgIpc) is 2.48. The molecule has 0 amide bonds. The lowest BCUT2D eigenvalue weighted by atomic mass is 10.1. The third-order valence-corrected chi connectivity index (χ3v) is 3.18. The van der Waals surface area contributed by atoms with E-state index in [4.69, 9.17) is 0 Å². The predicted molar refractivity (Wildman–Crippen MR) is 85.2 cm³/mol. The summed E-state index contributed by atoms with van der Waals surface area (Å²) in [5, 5.41) is 0. The van der Waals surface area contributed by atoms with Crippen LogP contribution in [0.5, 0.6) is 0 Å². The molecule has 102 valence electrons. The third kappa shape index (κ3) is 3.58. The molecule has 0 aliphatic rings. The zero-order valence-corrected chi connectivity index (χ0v) is 11.9. The summed E-state index contributed by atoms with van der Waals surface area (Å²) in [6, 6.07) is 17.9. The van der Waals surface area contributed by atoms with Gasteiger partial charge in [0.05, 0.1) is 0 Å². The maximum Gasteiger partial charge on any atom is 0.161 e. The van der Waals surface area contributed by atoms with E-state index in [1.54, 1.807) is 6.92 Å². The molecule has 20 heavy (non-hydrogen) atoms. The van der Waals surface area contributed by atoms with Gasteiger partial charge in [-0.2, -0.15) is 0 Å². The van der Waals surface area contributed by atoms with E-state index in [-0.39, 0.29) is 5.78 Å². The van der Waals surface area contributed by atoms with E-state index in [9.17, 15) is 4.79 Å². The average molecular weight is 265 g/mol. The molecule has 0 aliphatic heterocycles. The fourth-order valence-corrected chi connectivity index (χ4v) is 2.11. The van der Waals surface area contributed by atoms with Gasteiger partial charge in [-0.25, -0.2) is 0 Å². The van der Waals surface area contributed by atoms with E-state index in [1.807, 2.05) is 49.5 Å². The van der Waals surface area contributed by atoms with Crippen molar-refractivity contribution in [2.75, 3.05) is 18.5 Å². The predicted octanol–water partition coefficient (Wildman–Crippen LogP) is 4.04. The first-order chi connectivity index (χ1) is 9.68. The highest BCUT2D eigenvalue weighted by Gasteiger charge is 2.08. The number of nitrogens with zero attached hydrogens (tertiary/aromatic N) is 1. The highest BCUT2D eigenvalue weighted by atomic mass is 16.1. The Morgan fingerprint density at radius 2 is 1.70 bits per heavy atom. The normalized spacial score (nSPS) is 10.7. The highest BCUT2D eigenvalue weighted by Crippen LogP contribution is 2.19. The standard InChI is InChI=1S/C18H19NO/c1-15(20)17-12-6-7-13-18(17)19(2)14-8-11-16-9-4-3-5-10-16/h3-13H,14H2,1-2H3. The number of hydrogen-bond acceptors (Lipinski definition) is 2. The molecular weight excluding hydrogens is 246 g/mol. The van der Waals surface area contributed by atoms with Gasteiger partial charge < -0.3 is 4.90 Å². The smallest absolute Gasteiger partial charge is 0.161 e. The van der Waals surface area contributed by atoms with Crippen molar-refractivity contribution in [3.05, 3.63) is 71.8 Å². The summed E-state index contributed by atoms with van der Waals surface area (Å²) in [7, 11) is 2.00. The van der Waals surface area contributed by atoms with Crippen molar-refractivity contribution in [1.29, 1.82) is 0 Å². The zero-order chi connectivity index (χ0) is 14.4. The molecule has 2 heteroatoms. The Balaban J connectivity index is 2.07. The summed E-state index contributed by atoms with van der Waals surface area (Å²) < 4.78 is 0. The van der Waals surface area contributed by atoms with Gasteiger partial charge in [-0.15, -0.1) is 0 Å². The van der Waals surface area contributed by atoms with Crippen molar-refractivity contribution in [3.63, 3.8) is 0 Å². The lowest BCUT2D eigenvalue weighted by Crippen LogP contribution is -2.19. The van der Waals surface area contributed by atoms with Crippen LogP contribution < -0.4 is 4.90 Å². The number of para-hydroxylation sites is 1. The quantitative estimate of drug-likeness (QED) is 0.760. The largest absolute Gasteiger partial charge is 0.370 e. The molecule has 2 nitrogen and oxygen atoms in total. The molecule has 0 saturated carbocycles. The Hall–Kier alpha value is -2.35. The van der Waals surface area contributed by atoms with Crippen molar-refractivity contribution in [2.45, 2.75) is 6.92 Å². The van der Waals surface area contributed by atoms with Crippen LogP contribution in [0.1, 0.15) is 22.8 Å². The Bertz CT molecular complexity index is 602. The number of anilines is 1. The minimum absolute atomic E-state index is 0.0967. The number of ketones is 1. The molecule has 2 aromatic carbocycles. The van der Waals surface area contributed by atoms with Crippen molar-refractivity contribution in [3.8, 4) is 0 Å². The third-order valence-electron chi connectivity index (χ3n) is 3.18. The lowest BCUT2D eigenvalue weighted by Gasteiger charge is -2.19. The number of Topliss-reactive ketones (excluding diaryl/α,β-unsaturated/α-hetero) is 1. The molecule has 0 unspecified atom stereocenters. The molecule has 0 fully saturated rings. The molecule has 0 atom stereocenters. The van der Waals surface area contributed by atoms with Gasteiger partial charge in [0, 0.05) is 24.8 Å². The summed E-state index contributed by atoms with van der Waals surface area (Å²) in [5.74, 6) is 0.0967. The van der Waals surface area contributed by atoms with Gasteiger partial charge in [-0.3, -0.25) is 4.79 Å². The second kappa shape index (κ2) is 6.71. The van der Waals surface area contributed by atoms with Crippen molar-refractivity contribution in [1.82, 2.24) is 0 Å². The van der Waals surface area contributed by atoms with Gasteiger partial charge in [0.25, 0.3) is 0 Å². The number of carbonyl (C=O) groups is 1. The number of likely N-dealkylation sites (N-methyl/N-ethyl adjacent to an activating group) is 1. The summed E-state index contributed by atoms with van der Waals surface area (Å²) in [4.78, 5) is 13.7. The molecule has 0 radical (unpaired) electrons. The fraction of sp³-hybridized carbons (Fsp3) is 0.167. The van der Waals surface area contributed by atoms with Gasteiger partial charge >= 0.3 is 0 Å². The first kappa shape index (κ1) is 14.1. The van der Waals surface area contributed by atoms with Crippen molar-refractivity contribution < 1.29 is 4.79 Å². The zero-order valence-electron chi connectivity index (χ0n) is 11.9. The summed E-state index contributed by atoms with van der Waals surface area (Å²) in [6.45, 7) is 2.37. The van der Waals surface area contributed by atoms with Crippen LogP contribution in [0.2, 0.25) is 0 Å². The number of benzene rings is 2. The molecule has 0 spiro atoms. The second-order valence-corrected chi connectivity index (χ2v) is 4.77. The van der Waals surface area contributed by atoms with Crippen molar-refractivity contribution in [2.24, 2.45) is 0 Å². The van der Waals surface area contributed by atoms with Crippen LogP contribution >= 0.6 is 0 Å². The maximum atomic E-state index is 11.6. The van der Waals surface area contributed by atoms with Crippen LogP contribution in [0.3, 0.4) is 0 Å². The topological polar surface area (TPSA) is 20.3 Å². The first-order valence-corrected chi connectivity index (χ1v) is 6.71. The molecule has 0 aromatic heterocycles. The Kier molecular flexibility index (Phi) is 4.72. The summed E-state index contributed by atoms with van der Waals surface area (Å²) >= 11 is 0. The van der Waals surface area contributed by atoms with E-state index in [0.29, 0.717) is 0 Å². The number of hydrogen-bond donors (Lipinski definition) is 0. The summed E-state index contributed by atoms with van der Waals surface area (Å²) in [5.41, 5.74) is 2.92. The van der Waals surface area contributed by atoms with E-state index in [0.717, 1.165) is 17.8 Å². The molecule has 0 N–H and O–H groups in total. The van der Waals surface area contributed by atoms with E-state index in [2.05, 4.69) is 29.2 Å². The van der Waals surface area contributed by atoms with Crippen LogP contribution in [0, 0.1) is 0 Å². The fourth-order valence-electron chi connectivity index (χ4n) is 2.11. The minimum Gasteiger partial charge on any atom is -0.370 e. The Morgan fingerprint density at radius 3 is 2.40 bits per heavy atom. The number of carbonyl (C=O) groups excluding carboxylic acids is 1. The first-order valence-electron chi connectivity index (χ1n) is 6.71. The van der Waals surface area contributed by atoms with Gasteiger partial charge in [-0.05, 0) is 24.6 Å². The second-order valence-electron chi connectivity index (χ2n) is 4.77. The molecule has 0 bridgehead atoms. The number of rotatable bonds is 5. The van der Waals surface area contributed by atoms with E-state index in [1.165, 1.54) is 5.56 Å². The minimum atomic E-state index is 0.0967. The van der Waals surface area contributed by atoms with Gasteiger partial charge in [0.15, 0.2) is 5.78 Å². The molecule has 2 aromatic rings. The molecular formula is C18H19NO. The Morgan fingerprint density at radius 1 is 1.05 bits per heavy atom. The maximum absolute atomic E-state index is 11.6. The van der Waals surface area contributed by atoms with Crippen LogP contribution in [-0.4, -0.2) is 19.4 Å². The van der Waals surface area contributed by atoms with Crippen LogP contribution in [-0.2, 0) is 0 Å². The molecule has 0 heterocycles. The van der Waals surface area contributed by atoms with Crippen LogP contribution in [0.15, 0.2) is 60.7 Å². The van der Waals surface area contributed by atoms with E-state index >= 15 is 0 Å². The monoisotopic (exact) mass is 265 g/mol. The highest BCUT2D eigenvalue weighted by molar-refractivity contribution is 5.99. The SMILES string of the molecule is CC(=O)c1ccccc1N(C)CC=Cc1ccccc1. The molecule has 0 saturated heterocycles. The van der Waals surface area contributed by atoms with Gasteiger partial charge in [-0.1, -0.05) is 54.6 Å². The van der Waals surface area contributed by atoms with Gasteiger partial charge in [0.1, 0.15) is 0 Å².